The van der Waals surface area contributed by atoms with Gasteiger partial charge in [0.05, 0.1) is 26.0 Å². The van der Waals surface area contributed by atoms with Gasteiger partial charge in [-0.2, -0.15) is 0 Å². The number of piperidine rings is 1. The Labute approximate surface area is 166 Å². The number of hydrogen-bond donors (Lipinski definition) is 1. The van der Waals surface area contributed by atoms with Gasteiger partial charge in [-0.25, -0.2) is 0 Å². The molecule has 0 spiro atoms. The standard InChI is InChI=1S/C22H29N3O3/c1-16(26)24-22(19-6-4-5-11-23-19)18-9-12-25(13-10-18)15-17-7-8-20(27-2)21(14-17)28-3/h4-8,11,14,18,22H,9-10,12-13,15H2,1-3H3,(H,24,26)/t22-/m0/s1. The van der Waals surface area contributed by atoms with Crippen LogP contribution in [0.2, 0.25) is 0 Å². The van der Waals surface area contributed by atoms with Gasteiger partial charge in [-0.1, -0.05) is 12.1 Å². The highest BCUT2D eigenvalue weighted by molar-refractivity contribution is 5.73. The van der Waals surface area contributed by atoms with E-state index < -0.39 is 0 Å². The quantitative estimate of drug-likeness (QED) is 0.796. The summed E-state index contributed by atoms with van der Waals surface area (Å²) < 4.78 is 10.7. The molecule has 2 aromatic rings. The second-order valence-electron chi connectivity index (χ2n) is 7.24. The molecule has 0 aliphatic carbocycles. The third-order valence-electron chi connectivity index (χ3n) is 5.32. The van der Waals surface area contributed by atoms with Crippen molar-refractivity contribution in [2.45, 2.75) is 32.4 Å². The Morgan fingerprint density at radius 1 is 1.18 bits per heavy atom. The number of amides is 1. The topological polar surface area (TPSA) is 63.7 Å². The normalized spacial score (nSPS) is 16.4. The van der Waals surface area contributed by atoms with Crippen LogP contribution in [-0.4, -0.2) is 43.1 Å². The van der Waals surface area contributed by atoms with Gasteiger partial charge in [-0.15, -0.1) is 0 Å². The number of aromatic nitrogens is 1. The average Bonchev–Trinajstić information content (AvgIpc) is 2.73. The molecule has 1 N–H and O–H groups in total. The largest absolute Gasteiger partial charge is 0.493 e. The van der Waals surface area contributed by atoms with Gasteiger partial charge < -0.3 is 14.8 Å². The zero-order valence-corrected chi connectivity index (χ0v) is 16.9. The van der Waals surface area contributed by atoms with Crippen molar-refractivity contribution in [1.82, 2.24) is 15.2 Å². The second-order valence-corrected chi connectivity index (χ2v) is 7.24. The van der Waals surface area contributed by atoms with Crippen molar-refractivity contribution >= 4 is 5.91 Å². The van der Waals surface area contributed by atoms with Crippen molar-refractivity contribution in [3.63, 3.8) is 0 Å². The molecular formula is C22H29N3O3. The van der Waals surface area contributed by atoms with Crippen LogP contribution >= 0.6 is 0 Å². The summed E-state index contributed by atoms with van der Waals surface area (Å²) in [4.78, 5) is 18.6. The Balaban J connectivity index is 1.62. The molecule has 1 aliphatic rings. The maximum Gasteiger partial charge on any atom is 0.217 e. The van der Waals surface area contributed by atoms with E-state index in [2.05, 4.69) is 21.3 Å². The molecule has 6 nitrogen and oxygen atoms in total. The summed E-state index contributed by atoms with van der Waals surface area (Å²) in [5, 5.41) is 3.11. The van der Waals surface area contributed by atoms with Crippen molar-refractivity contribution in [1.29, 1.82) is 0 Å². The molecule has 1 amide bonds. The van der Waals surface area contributed by atoms with Crippen molar-refractivity contribution in [2.24, 2.45) is 5.92 Å². The molecule has 1 atom stereocenters. The summed E-state index contributed by atoms with van der Waals surface area (Å²) in [5.74, 6) is 1.89. The monoisotopic (exact) mass is 383 g/mol. The second kappa shape index (κ2) is 9.55. The van der Waals surface area contributed by atoms with E-state index in [9.17, 15) is 4.79 Å². The van der Waals surface area contributed by atoms with Crippen LogP contribution in [0.15, 0.2) is 42.6 Å². The molecule has 2 heterocycles. The Morgan fingerprint density at radius 2 is 1.93 bits per heavy atom. The van der Waals surface area contributed by atoms with Crippen molar-refractivity contribution in [2.75, 3.05) is 27.3 Å². The molecule has 3 rings (SSSR count). The third kappa shape index (κ3) is 5.01. The first-order chi connectivity index (χ1) is 13.6. The zero-order chi connectivity index (χ0) is 19.9. The average molecular weight is 383 g/mol. The lowest BCUT2D eigenvalue weighted by molar-refractivity contribution is -0.120. The van der Waals surface area contributed by atoms with Crippen LogP contribution in [0.5, 0.6) is 11.5 Å². The summed E-state index contributed by atoms with van der Waals surface area (Å²) in [6.45, 7) is 4.42. The van der Waals surface area contributed by atoms with Gasteiger partial charge in [0.25, 0.3) is 0 Å². The van der Waals surface area contributed by atoms with Gasteiger partial charge in [-0.3, -0.25) is 14.7 Å². The molecule has 0 unspecified atom stereocenters. The lowest BCUT2D eigenvalue weighted by Crippen LogP contribution is -2.40. The summed E-state index contributed by atoms with van der Waals surface area (Å²) in [6, 6.07) is 11.9. The highest BCUT2D eigenvalue weighted by atomic mass is 16.5. The number of carbonyl (C=O) groups excluding carboxylic acids is 1. The Kier molecular flexibility index (Phi) is 6.87. The number of carbonyl (C=O) groups is 1. The smallest absolute Gasteiger partial charge is 0.217 e. The summed E-state index contributed by atoms with van der Waals surface area (Å²) >= 11 is 0. The molecular weight excluding hydrogens is 354 g/mol. The number of hydrogen-bond acceptors (Lipinski definition) is 5. The summed E-state index contributed by atoms with van der Waals surface area (Å²) in [6.07, 6.45) is 3.83. The van der Waals surface area contributed by atoms with Crippen molar-refractivity contribution < 1.29 is 14.3 Å². The van der Waals surface area contributed by atoms with Gasteiger partial charge >= 0.3 is 0 Å². The Morgan fingerprint density at radius 3 is 2.54 bits per heavy atom. The van der Waals surface area contributed by atoms with Crippen LogP contribution < -0.4 is 14.8 Å². The fourth-order valence-electron chi connectivity index (χ4n) is 3.89. The molecule has 1 aromatic heterocycles. The predicted octanol–water partition coefficient (Wildman–Crippen LogP) is 3.19. The Bertz CT molecular complexity index is 774. The van der Waals surface area contributed by atoms with Crippen LogP contribution in [0.25, 0.3) is 0 Å². The third-order valence-corrected chi connectivity index (χ3v) is 5.32. The summed E-state index contributed by atoms with van der Waals surface area (Å²) in [7, 11) is 3.31. The van der Waals surface area contributed by atoms with Gasteiger partial charge in [0.1, 0.15) is 0 Å². The summed E-state index contributed by atoms with van der Waals surface area (Å²) in [5.41, 5.74) is 2.15. The number of pyridine rings is 1. The number of nitrogens with zero attached hydrogens (tertiary/aromatic N) is 2. The first-order valence-electron chi connectivity index (χ1n) is 9.72. The van der Waals surface area contributed by atoms with Crippen LogP contribution in [-0.2, 0) is 11.3 Å². The Hall–Kier alpha value is -2.60. The molecule has 0 bridgehead atoms. The minimum Gasteiger partial charge on any atom is -0.493 e. The fourth-order valence-corrected chi connectivity index (χ4v) is 3.89. The maximum atomic E-state index is 11.7. The van der Waals surface area contributed by atoms with Crippen LogP contribution in [0.1, 0.15) is 37.1 Å². The molecule has 1 aliphatic heterocycles. The first-order valence-corrected chi connectivity index (χ1v) is 9.72. The van der Waals surface area contributed by atoms with Gasteiger partial charge in [-0.05, 0) is 61.7 Å². The highest BCUT2D eigenvalue weighted by Gasteiger charge is 2.29. The van der Waals surface area contributed by atoms with Crippen LogP contribution in [0.3, 0.4) is 0 Å². The maximum absolute atomic E-state index is 11.7. The SMILES string of the molecule is COc1ccc(CN2CCC([C@H](NC(C)=O)c3ccccn3)CC2)cc1OC. The van der Waals surface area contributed by atoms with E-state index in [1.807, 2.05) is 30.3 Å². The highest BCUT2D eigenvalue weighted by Crippen LogP contribution is 2.32. The molecule has 1 aromatic carbocycles. The molecule has 1 saturated heterocycles. The van der Waals surface area contributed by atoms with E-state index in [1.54, 1.807) is 27.3 Å². The molecule has 0 saturated carbocycles. The first kappa shape index (κ1) is 20.1. The van der Waals surface area contributed by atoms with E-state index in [1.165, 1.54) is 5.56 Å². The number of rotatable bonds is 7. The number of likely N-dealkylation sites (tertiary alicyclic amines) is 1. The van der Waals surface area contributed by atoms with Gasteiger partial charge in [0, 0.05) is 19.7 Å². The number of nitrogens with one attached hydrogen (secondary N) is 1. The van der Waals surface area contributed by atoms with Crippen LogP contribution in [0, 0.1) is 5.92 Å². The zero-order valence-electron chi connectivity index (χ0n) is 16.9. The molecule has 150 valence electrons. The minimum atomic E-state index is -0.0260. The van der Waals surface area contributed by atoms with Gasteiger partial charge in [0.2, 0.25) is 5.91 Å². The van der Waals surface area contributed by atoms with E-state index in [0.717, 1.165) is 49.7 Å². The fraction of sp³-hybridized carbons (Fsp3) is 0.455. The molecule has 0 radical (unpaired) electrons. The number of ether oxygens (including phenoxy) is 2. The minimum absolute atomic E-state index is 0.0107. The molecule has 1 fully saturated rings. The van der Waals surface area contributed by atoms with E-state index in [0.29, 0.717) is 5.92 Å². The van der Waals surface area contributed by atoms with Crippen LogP contribution in [0.4, 0.5) is 0 Å². The van der Waals surface area contributed by atoms with E-state index in [-0.39, 0.29) is 11.9 Å². The number of benzene rings is 1. The number of methoxy groups -OCH3 is 2. The van der Waals surface area contributed by atoms with Crippen molar-refractivity contribution in [3.05, 3.63) is 53.9 Å². The van der Waals surface area contributed by atoms with Crippen molar-refractivity contribution in [3.8, 4) is 11.5 Å². The predicted molar refractivity (Wildman–Crippen MR) is 108 cm³/mol. The molecule has 28 heavy (non-hydrogen) atoms. The lowest BCUT2D eigenvalue weighted by Gasteiger charge is -2.36. The van der Waals surface area contributed by atoms with E-state index in [4.69, 9.17) is 9.47 Å². The lowest BCUT2D eigenvalue weighted by atomic mass is 9.87. The van der Waals surface area contributed by atoms with E-state index >= 15 is 0 Å². The molecule has 6 heteroatoms. The van der Waals surface area contributed by atoms with Gasteiger partial charge in [0.15, 0.2) is 11.5 Å².